The van der Waals surface area contributed by atoms with E-state index >= 15 is 0 Å². The SMILES string of the molecule is CN1C2CCC1CC(C(=O)Cc1cccc3ccccc13)C2. The van der Waals surface area contributed by atoms with E-state index < -0.39 is 0 Å². The summed E-state index contributed by atoms with van der Waals surface area (Å²) in [6.45, 7) is 0. The van der Waals surface area contributed by atoms with Crippen molar-refractivity contribution in [2.24, 2.45) is 5.92 Å². The number of hydrogen-bond acceptors (Lipinski definition) is 2. The number of rotatable bonds is 3. The molecule has 2 unspecified atom stereocenters. The lowest BCUT2D eigenvalue weighted by Gasteiger charge is -2.35. The van der Waals surface area contributed by atoms with Gasteiger partial charge in [-0.25, -0.2) is 0 Å². The highest BCUT2D eigenvalue weighted by Gasteiger charge is 2.40. The molecule has 0 radical (unpaired) electrons. The van der Waals surface area contributed by atoms with Crippen molar-refractivity contribution in [2.45, 2.75) is 44.2 Å². The maximum Gasteiger partial charge on any atom is 0.140 e. The van der Waals surface area contributed by atoms with Crippen LogP contribution in [0.4, 0.5) is 0 Å². The molecule has 0 aromatic heterocycles. The molecule has 2 fully saturated rings. The van der Waals surface area contributed by atoms with Crippen molar-refractivity contribution in [2.75, 3.05) is 7.05 Å². The lowest BCUT2D eigenvalue weighted by molar-refractivity contribution is -0.124. The minimum absolute atomic E-state index is 0.271. The summed E-state index contributed by atoms with van der Waals surface area (Å²) in [5.74, 6) is 0.717. The first-order valence-electron chi connectivity index (χ1n) is 8.43. The van der Waals surface area contributed by atoms with Gasteiger partial charge in [0.1, 0.15) is 5.78 Å². The molecular formula is C20H23NO. The number of Topliss-reactive ketones (excluding diaryl/α,β-unsaturated/α-hetero) is 1. The van der Waals surface area contributed by atoms with Crippen molar-refractivity contribution < 1.29 is 4.79 Å². The quantitative estimate of drug-likeness (QED) is 0.857. The number of carbonyl (C=O) groups excluding carboxylic acids is 1. The second-order valence-electron chi connectivity index (χ2n) is 7.00. The Hall–Kier alpha value is -1.67. The van der Waals surface area contributed by atoms with Gasteiger partial charge in [-0.05, 0) is 49.1 Å². The average Bonchev–Trinajstić information content (AvgIpc) is 2.76. The van der Waals surface area contributed by atoms with Crippen LogP contribution < -0.4 is 0 Å². The molecule has 4 rings (SSSR count). The van der Waals surface area contributed by atoms with Crippen LogP contribution in [-0.4, -0.2) is 29.8 Å². The summed E-state index contributed by atoms with van der Waals surface area (Å²) in [6.07, 6.45) is 5.28. The molecule has 22 heavy (non-hydrogen) atoms. The molecule has 0 spiro atoms. The average molecular weight is 293 g/mol. The van der Waals surface area contributed by atoms with Gasteiger partial charge in [0.25, 0.3) is 0 Å². The highest BCUT2D eigenvalue weighted by Crippen LogP contribution is 2.38. The summed E-state index contributed by atoms with van der Waals surface area (Å²) in [5, 5.41) is 2.46. The fourth-order valence-corrected chi connectivity index (χ4v) is 4.45. The normalized spacial score (nSPS) is 28.1. The van der Waals surface area contributed by atoms with Crippen molar-refractivity contribution in [3.8, 4) is 0 Å². The van der Waals surface area contributed by atoms with Crippen molar-refractivity contribution in [1.82, 2.24) is 4.90 Å². The Kier molecular flexibility index (Phi) is 3.50. The topological polar surface area (TPSA) is 20.3 Å². The minimum Gasteiger partial charge on any atom is -0.300 e. The lowest BCUT2D eigenvalue weighted by atomic mass is 9.85. The van der Waals surface area contributed by atoms with Crippen LogP contribution in [0.2, 0.25) is 0 Å². The molecule has 0 aliphatic carbocycles. The molecule has 0 N–H and O–H groups in total. The molecule has 2 bridgehead atoms. The van der Waals surface area contributed by atoms with Crippen LogP contribution in [0.3, 0.4) is 0 Å². The second-order valence-corrected chi connectivity index (χ2v) is 7.00. The van der Waals surface area contributed by atoms with Crippen LogP contribution in [0, 0.1) is 5.92 Å². The maximum absolute atomic E-state index is 12.8. The number of fused-ring (bicyclic) bond motifs is 3. The molecule has 114 valence electrons. The number of ketones is 1. The molecule has 2 aliphatic heterocycles. The highest BCUT2D eigenvalue weighted by molar-refractivity contribution is 5.91. The van der Waals surface area contributed by atoms with Gasteiger partial charge in [0.15, 0.2) is 0 Å². The Labute approximate surface area is 132 Å². The summed E-state index contributed by atoms with van der Waals surface area (Å²) in [4.78, 5) is 15.3. The number of nitrogens with zero attached hydrogens (tertiary/aromatic N) is 1. The molecule has 2 atom stereocenters. The molecule has 0 amide bonds. The van der Waals surface area contributed by atoms with E-state index in [-0.39, 0.29) is 5.92 Å². The Morgan fingerprint density at radius 1 is 1.05 bits per heavy atom. The second kappa shape index (κ2) is 5.51. The Morgan fingerprint density at radius 3 is 2.50 bits per heavy atom. The zero-order valence-corrected chi connectivity index (χ0v) is 13.2. The first-order chi connectivity index (χ1) is 10.7. The monoisotopic (exact) mass is 293 g/mol. The Morgan fingerprint density at radius 2 is 1.73 bits per heavy atom. The van der Waals surface area contributed by atoms with Crippen molar-refractivity contribution >= 4 is 16.6 Å². The van der Waals surface area contributed by atoms with Gasteiger partial charge in [-0.2, -0.15) is 0 Å². The van der Waals surface area contributed by atoms with Gasteiger partial charge in [-0.15, -0.1) is 0 Å². The van der Waals surface area contributed by atoms with Crippen molar-refractivity contribution in [3.63, 3.8) is 0 Å². The molecular weight excluding hydrogens is 270 g/mol. The summed E-state index contributed by atoms with van der Waals surface area (Å²) in [5.41, 5.74) is 1.19. The number of hydrogen-bond donors (Lipinski definition) is 0. The van der Waals surface area contributed by atoms with Gasteiger partial charge in [0.05, 0.1) is 0 Å². The van der Waals surface area contributed by atoms with E-state index in [1.54, 1.807) is 0 Å². The van der Waals surface area contributed by atoms with E-state index in [0.717, 1.165) is 12.8 Å². The molecule has 2 saturated heterocycles. The molecule has 2 aliphatic rings. The van der Waals surface area contributed by atoms with Gasteiger partial charge in [0, 0.05) is 24.4 Å². The first kappa shape index (κ1) is 14.0. The fourth-order valence-electron chi connectivity index (χ4n) is 4.45. The van der Waals surface area contributed by atoms with Crippen LogP contribution in [0.25, 0.3) is 10.8 Å². The number of benzene rings is 2. The van der Waals surface area contributed by atoms with Crippen LogP contribution >= 0.6 is 0 Å². The summed E-state index contributed by atoms with van der Waals surface area (Å²) in [7, 11) is 2.23. The van der Waals surface area contributed by atoms with Gasteiger partial charge >= 0.3 is 0 Å². The lowest BCUT2D eigenvalue weighted by Crippen LogP contribution is -2.42. The van der Waals surface area contributed by atoms with E-state index in [9.17, 15) is 4.79 Å². The third-order valence-electron chi connectivity index (χ3n) is 5.80. The summed E-state index contributed by atoms with van der Waals surface area (Å²) in [6, 6.07) is 16.0. The fraction of sp³-hybridized carbons (Fsp3) is 0.450. The third kappa shape index (κ3) is 2.36. The van der Waals surface area contributed by atoms with E-state index in [1.807, 2.05) is 0 Å². The van der Waals surface area contributed by atoms with Gasteiger partial charge in [-0.1, -0.05) is 42.5 Å². The minimum atomic E-state index is 0.271. The van der Waals surface area contributed by atoms with Gasteiger partial charge in [-0.3, -0.25) is 4.79 Å². The number of carbonyl (C=O) groups is 1. The largest absolute Gasteiger partial charge is 0.300 e. The van der Waals surface area contributed by atoms with E-state index in [1.165, 1.54) is 29.2 Å². The standard InChI is InChI=1S/C20H23NO/c1-21-17-9-10-18(21)12-16(11-17)20(22)13-15-7-4-6-14-5-2-3-8-19(14)15/h2-8,16-18H,9-13H2,1H3. The van der Waals surface area contributed by atoms with Gasteiger partial charge in [0.2, 0.25) is 0 Å². The highest BCUT2D eigenvalue weighted by atomic mass is 16.1. The van der Waals surface area contributed by atoms with Crippen LogP contribution in [0.1, 0.15) is 31.2 Å². The Balaban J connectivity index is 1.54. The molecule has 2 aromatic rings. The molecule has 2 nitrogen and oxygen atoms in total. The zero-order chi connectivity index (χ0) is 15.1. The van der Waals surface area contributed by atoms with E-state index in [0.29, 0.717) is 24.3 Å². The number of piperidine rings is 1. The third-order valence-corrected chi connectivity index (χ3v) is 5.80. The molecule has 0 saturated carbocycles. The van der Waals surface area contributed by atoms with E-state index in [2.05, 4.69) is 54.4 Å². The van der Waals surface area contributed by atoms with Crippen molar-refractivity contribution in [1.29, 1.82) is 0 Å². The predicted molar refractivity (Wildman–Crippen MR) is 90.0 cm³/mol. The van der Waals surface area contributed by atoms with Crippen LogP contribution in [-0.2, 0) is 11.2 Å². The Bertz CT molecular complexity index is 688. The van der Waals surface area contributed by atoms with Gasteiger partial charge < -0.3 is 4.90 Å². The predicted octanol–water partition coefficient (Wildman–Crippen LogP) is 3.82. The summed E-state index contributed by atoms with van der Waals surface area (Å²) < 4.78 is 0. The first-order valence-corrected chi connectivity index (χ1v) is 8.43. The van der Waals surface area contributed by atoms with E-state index in [4.69, 9.17) is 0 Å². The van der Waals surface area contributed by atoms with Crippen LogP contribution in [0.5, 0.6) is 0 Å². The molecule has 2 heterocycles. The smallest absolute Gasteiger partial charge is 0.140 e. The summed E-state index contributed by atoms with van der Waals surface area (Å²) >= 11 is 0. The zero-order valence-electron chi connectivity index (χ0n) is 13.2. The molecule has 2 aromatic carbocycles. The van der Waals surface area contributed by atoms with Crippen LogP contribution in [0.15, 0.2) is 42.5 Å². The van der Waals surface area contributed by atoms with Crippen molar-refractivity contribution in [3.05, 3.63) is 48.0 Å². The molecule has 2 heteroatoms. The maximum atomic E-state index is 12.8.